The SMILES string of the molecule is CN(C)C(=O)NCc1ncnn1-c1ccc2c(c1)OCO2. The Morgan fingerprint density at radius 2 is 2.19 bits per heavy atom. The number of hydrogen-bond acceptors (Lipinski definition) is 5. The number of fused-ring (bicyclic) bond motifs is 1. The van der Waals surface area contributed by atoms with Crippen LogP contribution in [0.4, 0.5) is 4.79 Å². The van der Waals surface area contributed by atoms with Crippen LogP contribution < -0.4 is 14.8 Å². The zero-order chi connectivity index (χ0) is 14.8. The summed E-state index contributed by atoms with van der Waals surface area (Å²) in [6.45, 7) is 0.507. The number of hydrogen-bond donors (Lipinski definition) is 1. The predicted molar refractivity (Wildman–Crippen MR) is 73.4 cm³/mol. The van der Waals surface area contributed by atoms with Gasteiger partial charge in [0.25, 0.3) is 0 Å². The van der Waals surface area contributed by atoms with E-state index in [1.54, 1.807) is 18.8 Å². The van der Waals surface area contributed by atoms with Crippen LogP contribution >= 0.6 is 0 Å². The molecule has 21 heavy (non-hydrogen) atoms. The number of nitrogens with zero attached hydrogens (tertiary/aromatic N) is 4. The van der Waals surface area contributed by atoms with E-state index < -0.39 is 0 Å². The van der Waals surface area contributed by atoms with Gasteiger partial charge in [0, 0.05) is 20.2 Å². The summed E-state index contributed by atoms with van der Waals surface area (Å²) in [6, 6.07) is 5.32. The lowest BCUT2D eigenvalue weighted by Gasteiger charge is -2.12. The first-order chi connectivity index (χ1) is 10.1. The Morgan fingerprint density at radius 3 is 3.00 bits per heavy atom. The third-order valence-corrected chi connectivity index (χ3v) is 3.02. The maximum atomic E-state index is 11.6. The molecule has 0 aliphatic carbocycles. The number of benzene rings is 1. The van der Waals surface area contributed by atoms with Crippen molar-refractivity contribution in [2.45, 2.75) is 6.54 Å². The molecule has 8 heteroatoms. The summed E-state index contributed by atoms with van der Waals surface area (Å²) >= 11 is 0. The summed E-state index contributed by atoms with van der Waals surface area (Å²) in [4.78, 5) is 17.2. The fraction of sp³-hybridized carbons (Fsp3) is 0.308. The molecule has 0 atom stereocenters. The molecule has 0 spiro atoms. The minimum absolute atomic E-state index is 0.185. The Kier molecular flexibility index (Phi) is 3.35. The van der Waals surface area contributed by atoms with Crippen LogP contribution in [0.15, 0.2) is 24.5 Å². The van der Waals surface area contributed by atoms with Crippen LogP contribution in [-0.2, 0) is 6.54 Å². The maximum Gasteiger partial charge on any atom is 0.317 e. The number of rotatable bonds is 3. The summed E-state index contributed by atoms with van der Waals surface area (Å²) in [7, 11) is 3.36. The van der Waals surface area contributed by atoms with E-state index >= 15 is 0 Å². The molecule has 0 unspecified atom stereocenters. The van der Waals surface area contributed by atoms with Gasteiger partial charge in [-0.3, -0.25) is 0 Å². The number of carbonyl (C=O) groups excluding carboxylic acids is 1. The molecule has 8 nitrogen and oxygen atoms in total. The second-order valence-corrected chi connectivity index (χ2v) is 4.68. The van der Waals surface area contributed by atoms with E-state index in [4.69, 9.17) is 9.47 Å². The average Bonchev–Trinajstić information content (AvgIpc) is 3.12. The number of amides is 2. The van der Waals surface area contributed by atoms with Gasteiger partial charge in [-0.25, -0.2) is 14.5 Å². The van der Waals surface area contributed by atoms with Gasteiger partial charge >= 0.3 is 6.03 Å². The third-order valence-electron chi connectivity index (χ3n) is 3.02. The number of ether oxygens (including phenoxy) is 2. The Morgan fingerprint density at radius 1 is 1.38 bits per heavy atom. The van der Waals surface area contributed by atoms with Gasteiger partial charge in [-0.1, -0.05) is 0 Å². The molecule has 1 aliphatic heterocycles. The topological polar surface area (TPSA) is 81.5 Å². The first kappa shape index (κ1) is 13.2. The first-order valence-electron chi connectivity index (χ1n) is 6.39. The lowest BCUT2D eigenvalue weighted by Crippen LogP contribution is -2.34. The lowest BCUT2D eigenvalue weighted by molar-refractivity contribution is 0.174. The molecule has 110 valence electrons. The maximum absolute atomic E-state index is 11.6. The lowest BCUT2D eigenvalue weighted by atomic mass is 10.3. The van der Waals surface area contributed by atoms with Crippen LogP contribution in [0, 0.1) is 0 Å². The molecule has 2 aromatic rings. The van der Waals surface area contributed by atoms with E-state index in [1.807, 2.05) is 18.2 Å². The fourth-order valence-electron chi connectivity index (χ4n) is 1.93. The van der Waals surface area contributed by atoms with Gasteiger partial charge in [-0.15, -0.1) is 0 Å². The highest BCUT2D eigenvalue weighted by molar-refractivity contribution is 5.73. The largest absolute Gasteiger partial charge is 0.454 e. The minimum Gasteiger partial charge on any atom is -0.454 e. The number of aromatic nitrogens is 3. The molecule has 0 saturated carbocycles. The fourth-order valence-corrected chi connectivity index (χ4v) is 1.93. The van der Waals surface area contributed by atoms with Crippen molar-refractivity contribution in [3.8, 4) is 17.2 Å². The molecule has 1 aromatic carbocycles. The molecule has 1 aliphatic rings. The monoisotopic (exact) mass is 289 g/mol. The molecule has 1 N–H and O–H groups in total. The van der Waals surface area contributed by atoms with Crippen molar-refractivity contribution in [3.05, 3.63) is 30.4 Å². The van der Waals surface area contributed by atoms with Gasteiger partial charge in [0.1, 0.15) is 6.33 Å². The van der Waals surface area contributed by atoms with Gasteiger partial charge in [0.2, 0.25) is 6.79 Å². The summed E-state index contributed by atoms with van der Waals surface area (Å²) in [5, 5.41) is 6.93. The first-order valence-corrected chi connectivity index (χ1v) is 6.39. The van der Waals surface area contributed by atoms with Gasteiger partial charge in [0.05, 0.1) is 12.2 Å². The quantitative estimate of drug-likeness (QED) is 0.902. The van der Waals surface area contributed by atoms with Gasteiger partial charge < -0.3 is 19.7 Å². The van der Waals surface area contributed by atoms with Gasteiger partial charge in [0.15, 0.2) is 17.3 Å². The zero-order valence-corrected chi connectivity index (χ0v) is 11.7. The van der Waals surface area contributed by atoms with Crippen LogP contribution in [-0.4, -0.2) is 46.6 Å². The molecule has 0 radical (unpaired) electrons. The van der Waals surface area contributed by atoms with Crippen molar-refractivity contribution in [1.82, 2.24) is 25.0 Å². The van der Waals surface area contributed by atoms with Crippen LogP contribution in [0.25, 0.3) is 5.69 Å². The van der Waals surface area contributed by atoms with Crippen molar-refractivity contribution in [2.75, 3.05) is 20.9 Å². The second-order valence-electron chi connectivity index (χ2n) is 4.68. The molecular weight excluding hydrogens is 274 g/mol. The van der Waals surface area contributed by atoms with E-state index in [0.29, 0.717) is 17.3 Å². The molecule has 0 saturated heterocycles. The Hall–Kier alpha value is -2.77. The summed E-state index contributed by atoms with van der Waals surface area (Å²) in [6.07, 6.45) is 1.45. The molecular formula is C13H15N5O3. The van der Waals surface area contributed by atoms with Crippen LogP contribution in [0.2, 0.25) is 0 Å². The molecule has 1 aromatic heterocycles. The normalized spacial score (nSPS) is 12.3. The standard InChI is InChI=1S/C13H15N5O3/c1-17(2)13(19)14-6-12-15-7-16-18(12)9-3-4-10-11(5-9)21-8-20-10/h3-5,7H,6,8H2,1-2H3,(H,14,19). The van der Waals surface area contributed by atoms with E-state index in [0.717, 1.165) is 5.69 Å². The highest BCUT2D eigenvalue weighted by Gasteiger charge is 2.16. The molecule has 2 amide bonds. The van der Waals surface area contributed by atoms with Gasteiger partial charge in [-0.2, -0.15) is 5.10 Å². The summed E-state index contributed by atoms with van der Waals surface area (Å²) in [5.41, 5.74) is 0.797. The van der Waals surface area contributed by atoms with E-state index in [-0.39, 0.29) is 19.4 Å². The average molecular weight is 289 g/mol. The van der Waals surface area contributed by atoms with Crippen molar-refractivity contribution >= 4 is 6.03 Å². The molecule has 0 fully saturated rings. The summed E-state index contributed by atoms with van der Waals surface area (Å²) < 4.78 is 12.3. The van der Waals surface area contributed by atoms with E-state index in [9.17, 15) is 4.79 Å². The molecule has 0 bridgehead atoms. The Bertz CT molecular complexity index is 668. The third kappa shape index (κ3) is 2.60. The van der Waals surface area contributed by atoms with Crippen LogP contribution in [0.1, 0.15) is 5.82 Å². The highest BCUT2D eigenvalue weighted by Crippen LogP contribution is 2.33. The van der Waals surface area contributed by atoms with Gasteiger partial charge in [-0.05, 0) is 12.1 Å². The van der Waals surface area contributed by atoms with Crippen molar-refractivity contribution in [2.24, 2.45) is 0 Å². The number of nitrogens with one attached hydrogen (secondary N) is 1. The smallest absolute Gasteiger partial charge is 0.317 e. The number of carbonyl (C=O) groups is 1. The van der Waals surface area contributed by atoms with Crippen molar-refractivity contribution in [1.29, 1.82) is 0 Å². The zero-order valence-electron chi connectivity index (χ0n) is 11.7. The molecule has 2 heterocycles. The predicted octanol–water partition coefficient (Wildman–Crippen LogP) is 0.767. The highest BCUT2D eigenvalue weighted by atomic mass is 16.7. The summed E-state index contributed by atoms with van der Waals surface area (Å²) in [5.74, 6) is 2.01. The van der Waals surface area contributed by atoms with Crippen LogP contribution in [0.5, 0.6) is 11.5 Å². The van der Waals surface area contributed by atoms with E-state index in [2.05, 4.69) is 15.4 Å². The van der Waals surface area contributed by atoms with Crippen LogP contribution in [0.3, 0.4) is 0 Å². The Labute approximate surface area is 121 Å². The number of urea groups is 1. The minimum atomic E-state index is -0.185. The molecule has 3 rings (SSSR count). The Balaban J connectivity index is 1.80. The second kappa shape index (κ2) is 5.31. The van der Waals surface area contributed by atoms with Crippen molar-refractivity contribution < 1.29 is 14.3 Å². The van der Waals surface area contributed by atoms with Crippen molar-refractivity contribution in [3.63, 3.8) is 0 Å². The van der Waals surface area contributed by atoms with E-state index in [1.165, 1.54) is 11.2 Å².